The highest BCUT2D eigenvalue weighted by Gasteiger charge is 2.17. The average molecular weight is 380 g/mol. The number of aromatic nitrogens is 2. The van der Waals surface area contributed by atoms with Gasteiger partial charge in [-0.05, 0) is 36.2 Å². The number of halogens is 1. The molecule has 0 unspecified atom stereocenters. The minimum absolute atomic E-state index is 0.236. The van der Waals surface area contributed by atoms with Gasteiger partial charge in [0, 0.05) is 41.5 Å². The van der Waals surface area contributed by atoms with Gasteiger partial charge in [-0.25, -0.2) is 4.98 Å². The largest absolute Gasteiger partial charge is 0.451 e. The summed E-state index contributed by atoms with van der Waals surface area (Å²) in [4.78, 5) is 16.6. The minimum atomic E-state index is -0.236. The lowest BCUT2D eigenvalue weighted by atomic mass is 10.1. The fourth-order valence-corrected chi connectivity index (χ4v) is 3.27. The van der Waals surface area contributed by atoms with Crippen molar-refractivity contribution in [2.75, 3.05) is 0 Å². The van der Waals surface area contributed by atoms with E-state index in [4.69, 9.17) is 16.0 Å². The molecule has 27 heavy (non-hydrogen) atoms. The van der Waals surface area contributed by atoms with Crippen molar-refractivity contribution in [3.8, 4) is 0 Å². The molecule has 0 aliphatic carbocycles. The number of carbonyl (C=O) groups excluding carboxylic acids is 1. The fraction of sp³-hybridized carbons (Fsp3) is 0.143. The fourth-order valence-electron chi connectivity index (χ4n) is 3.10. The van der Waals surface area contributed by atoms with Crippen molar-refractivity contribution >= 4 is 28.5 Å². The Bertz CT molecular complexity index is 1100. The van der Waals surface area contributed by atoms with Crippen molar-refractivity contribution in [2.45, 2.75) is 20.0 Å². The van der Waals surface area contributed by atoms with Crippen LogP contribution in [0.3, 0.4) is 0 Å². The maximum Gasteiger partial charge on any atom is 0.287 e. The van der Waals surface area contributed by atoms with Gasteiger partial charge in [-0.15, -0.1) is 0 Å². The van der Waals surface area contributed by atoms with Crippen LogP contribution in [0.1, 0.15) is 27.2 Å². The Morgan fingerprint density at radius 3 is 2.89 bits per heavy atom. The number of fused-ring (bicyclic) bond motifs is 1. The third-order valence-electron chi connectivity index (χ3n) is 4.47. The highest BCUT2D eigenvalue weighted by molar-refractivity contribution is 6.31. The van der Waals surface area contributed by atoms with Crippen molar-refractivity contribution in [1.82, 2.24) is 14.9 Å². The molecule has 1 amide bonds. The van der Waals surface area contributed by atoms with Gasteiger partial charge in [0.05, 0.1) is 6.33 Å². The van der Waals surface area contributed by atoms with Crippen LogP contribution in [-0.2, 0) is 13.1 Å². The summed E-state index contributed by atoms with van der Waals surface area (Å²) in [5, 5.41) is 4.41. The third-order valence-corrected chi connectivity index (χ3v) is 4.71. The van der Waals surface area contributed by atoms with Gasteiger partial charge in [0.15, 0.2) is 5.76 Å². The van der Waals surface area contributed by atoms with E-state index in [0.29, 0.717) is 22.9 Å². The van der Waals surface area contributed by atoms with Crippen LogP contribution in [0.5, 0.6) is 0 Å². The number of nitrogens with zero attached hydrogens (tertiary/aromatic N) is 2. The third kappa shape index (κ3) is 3.73. The van der Waals surface area contributed by atoms with E-state index < -0.39 is 0 Å². The van der Waals surface area contributed by atoms with Crippen molar-refractivity contribution in [3.63, 3.8) is 0 Å². The zero-order valence-electron chi connectivity index (χ0n) is 14.8. The summed E-state index contributed by atoms with van der Waals surface area (Å²) >= 11 is 6.04. The Morgan fingerprint density at radius 1 is 1.22 bits per heavy atom. The zero-order valence-corrected chi connectivity index (χ0v) is 15.5. The standard InChI is InChI=1S/C21H18ClN3O2/c1-14-18-10-17(22)5-6-19(18)27-20(14)21(26)24-11-15-3-2-4-16(9-15)12-25-8-7-23-13-25/h2-10,13H,11-12H2,1H3,(H,24,26). The molecule has 0 saturated heterocycles. The van der Waals surface area contributed by atoms with Gasteiger partial charge in [-0.3, -0.25) is 4.79 Å². The van der Waals surface area contributed by atoms with Gasteiger partial charge >= 0.3 is 0 Å². The molecular weight excluding hydrogens is 362 g/mol. The number of nitrogens with one attached hydrogen (secondary N) is 1. The number of aryl methyl sites for hydroxylation is 1. The molecule has 5 nitrogen and oxygen atoms in total. The molecule has 2 aromatic heterocycles. The van der Waals surface area contributed by atoms with Crippen LogP contribution in [0.4, 0.5) is 0 Å². The molecule has 4 rings (SSSR count). The number of benzene rings is 2. The van der Waals surface area contributed by atoms with E-state index in [9.17, 15) is 4.79 Å². The molecular formula is C21H18ClN3O2. The van der Waals surface area contributed by atoms with Crippen LogP contribution in [0.2, 0.25) is 5.02 Å². The Balaban J connectivity index is 1.47. The van der Waals surface area contributed by atoms with E-state index in [-0.39, 0.29) is 5.91 Å². The van der Waals surface area contributed by atoms with E-state index in [1.165, 1.54) is 0 Å². The predicted molar refractivity (Wildman–Crippen MR) is 105 cm³/mol. The van der Waals surface area contributed by atoms with Crippen LogP contribution >= 0.6 is 11.6 Å². The second-order valence-electron chi connectivity index (χ2n) is 6.43. The number of rotatable bonds is 5. The molecule has 2 heterocycles. The highest BCUT2D eigenvalue weighted by Crippen LogP contribution is 2.27. The molecule has 136 valence electrons. The second kappa shape index (κ2) is 7.29. The molecule has 0 fully saturated rings. The first-order valence-corrected chi connectivity index (χ1v) is 8.98. The number of hydrogen-bond acceptors (Lipinski definition) is 3. The van der Waals surface area contributed by atoms with E-state index in [1.54, 1.807) is 24.7 Å². The van der Waals surface area contributed by atoms with Gasteiger partial charge in [0.25, 0.3) is 5.91 Å². The number of carbonyl (C=O) groups is 1. The molecule has 0 atom stereocenters. The number of furan rings is 1. The van der Waals surface area contributed by atoms with Gasteiger partial charge < -0.3 is 14.3 Å². The van der Waals surface area contributed by atoms with Crippen molar-refractivity contribution in [1.29, 1.82) is 0 Å². The summed E-state index contributed by atoms with van der Waals surface area (Å²) in [5.41, 5.74) is 3.62. The van der Waals surface area contributed by atoms with E-state index in [2.05, 4.69) is 22.4 Å². The second-order valence-corrected chi connectivity index (χ2v) is 6.87. The lowest BCUT2D eigenvalue weighted by Gasteiger charge is -2.07. The molecule has 0 aliphatic rings. The Hall–Kier alpha value is -3.05. The Labute approximate surface area is 161 Å². The van der Waals surface area contributed by atoms with Gasteiger partial charge in [-0.2, -0.15) is 0 Å². The van der Waals surface area contributed by atoms with Crippen molar-refractivity contribution in [3.05, 3.63) is 88.7 Å². The molecule has 0 radical (unpaired) electrons. The van der Waals surface area contributed by atoms with Crippen molar-refractivity contribution < 1.29 is 9.21 Å². The maximum absolute atomic E-state index is 12.6. The molecule has 0 spiro atoms. The number of hydrogen-bond donors (Lipinski definition) is 1. The van der Waals surface area contributed by atoms with E-state index >= 15 is 0 Å². The summed E-state index contributed by atoms with van der Waals surface area (Å²) in [6.07, 6.45) is 5.46. The first kappa shape index (κ1) is 17.4. The molecule has 6 heteroatoms. The summed E-state index contributed by atoms with van der Waals surface area (Å²) in [6.45, 7) is 3.03. The van der Waals surface area contributed by atoms with Crippen molar-refractivity contribution in [2.24, 2.45) is 0 Å². The summed E-state index contributed by atoms with van der Waals surface area (Å²) in [5.74, 6) is 0.0849. The molecule has 0 bridgehead atoms. The Morgan fingerprint density at radius 2 is 2.07 bits per heavy atom. The average Bonchev–Trinajstić information content (AvgIpc) is 3.28. The van der Waals surface area contributed by atoms with Crippen LogP contribution in [0.15, 0.2) is 65.6 Å². The molecule has 4 aromatic rings. The molecule has 0 saturated carbocycles. The predicted octanol–water partition coefficient (Wildman–Crippen LogP) is 4.57. The van der Waals surface area contributed by atoms with Gasteiger partial charge in [-0.1, -0.05) is 35.9 Å². The van der Waals surface area contributed by atoms with Crippen LogP contribution in [0.25, 0.3) is 11.0 Å². The van der Waals surface area contributed by atoms with Crippen LogP contribution < -0.4 is 5.32 Å². The quantitative estimate of drug-likeness (QED) is 0.552. The first-order valence-electron chi connectivity index (χ1n) is 8.60. The Kier molecular flexibility index (Phi) is 4.69. The summed E-state index contributed by atoms with van der Waals surface area (Å²) in [6, 6.07) is 13.4. The lowest BCUT2D eigenvalue weighted by Crippen LogP contribution is -2.23. The smallest absolute Gasteiger partial charge is 0.287 e. The maximum atomic E-state index is 12.6. The topological polar surface area (TPSA) is 60.1 Å². The zero-order chi connectivity index (χ0) is 18.8. The molecule has 1 N–H and O–H groups in total. The molecule has 2 aromatic carbocycles. The molecule has 0 aliphatic heterocycles. The van der Waals surface area contributed by atoms with E-state index in [1.807, 2.05) is 35.9 Å². The van der Waals surface area contributed by atoms with E-state index in [0.717, 1.165) is 28.6 Å². The van der Waals surface area contributed by atoms with Gasteiger partial charge in [0.1, 0.15) is 5.58 Å². The normalized spacial score (nSPS) is 11.0. The highest BCUT2D eigenvalue weighted by atomic mass is 35.5. The number of amides is 1. The lowest BCUT2D eigenvalue weighted by molar-refractivity contribution is 0.0924. The SMILES string of the molecule is Cc1c(C(=O)NCc2cccc(Cn3ccnc3)c2)oc2ccc(Cl)cc12. The van der Waals surface area contributed by atoms with Crippen LogP contribution in [-0.4, -0.2) is 15.5 Å². The first-order chi connectivity index (χ1) is 13.1. The van der Waals surface area contributed by atoms with Crippen LogP contribution in [0, 0.1) is 6.92 Å². The van der Waals surface area contributed by atoms with Gasteiger partial charge in [0.2, 0.25) is 0 Å². The number of imidazole rings is 1. The monoisotopic (exact) mass is 379 g/mol. The summed E-state index contributed by atoms with van der Waals surface area (Å²) < 4.78 is 7.72. The summed E-state index contributed by atoms with van der Waals surface area (Å²) in [7, 11) is 0. The minimum Gasteiger partial charge on any atom is -0.451 e.